The molecule has 1 saturated heterocycles. The van der Waals surface area contributed by atoms with E-state index in [2.05, 4.69) is 19.9 Å². The predicted octanol–water partition coefficient (Wildman–Crippen LogP) is 2.35. The van der Waals surface area contributed by atoms with E-state index >= 15 is 0 Å². The van der Waals surface area contributed by atoms with E-state index in [1.165, 1.54) is 7.11 Å². The van der Waals surface area contributed by atoms with Crippen LogP contribution in [0.2, 0.25) is 0 Å². The minimum atomic E-state index is -1.07. The number of ether oxygens (including phenoxy) is 2. The van der Waals surface area contributed by atoms with Crippen LogP contribution in [0.5, 0.6) is 5.75 Å². The lowest BCUT2D eigenvalue weighted by molar-refractivity contribution is 0.0201. The molecule has 1 aliphatic carbocycles. The fourth-order valence-corrected chi connectivity index (χ4v) is 3.82. The van der Waals surface area contributed by atoms with E-state index < -0.39 is 5.97 Å². The maximum absolute atomic E-state index is 11.5. The molecule has 1 aliphatic heterocycles. The Balaban J connectivity index is 1.55. The van der Waals surface area contributed by atoms with Gasteiger partial charge in [-0.2, -0.15) is 9.97 Å². The summed E-state index contributed by atoms with van der Waals surface area (Å²) in [6.07, 6.45) is 2.11. The number of nitrogen functional groups attached to an aromatic ring is 1. The zero-order valence-corrected chi connectivity index (χ0v) is 16.5. The number of hydrogen-bond acceptors (Lipinski definition) is 8. The number of benzene rings is 1. The van der Waals surface area contributed by atoms with Crippen molar-refractivity contribution in [2.45, 2.75) is 18.4 Å². The first-order chi connectivity index (χ1) is 14.5. The standard InChI is InChI=1S/C21H21N5O4/c1-29-16-5-2-12(10-14(16)19(27)28)15-4-3-13-17(22)24-20(25-18(13)23-15)26-8-9-30-21(11-26)6-7-21/h2-5,10H,6-9,11H2,1H3,(H,27,28)(H2,22,23,24,25). The summed E-state index contributed by atoms with van der Waals surface area (Å²) >= 11 is 0. The van der Waals surface area contributed by atoms with Crippen LogP contribution in [0.15, 0.2) is 30.3 Å². The van der Waals surface area contributed by atoms with E-state index in [1.54, 1.807) is 24.3 Å². The first-order valence-corrected chi connectivity index (χ1v) is 9.73. The molecule has 0 amide bonds. The summed E-state index contributed by atoms with van der Waals surface area (Å²) < 4.78 is 11.0. The Labute approximate surface area is 172 Å². The number of aromatic nitrogens is 3. The summed E-state index contributed by atoms with van der Waals surface area (Å²) in [6, 6.07) is 8.52. The Bertz CT molecular complexity index is 1160. The van der Waals surface area contributed by atoms with Crippen LogP contribution in [-0.4, -0.2) is 58.4 Å². The molecular weight excluding hydrogens is 386 g/mol. The van der Waals surface area contributed by atoms with Crippen molar-refractivity contribution in [1.29, 1.82) is 0 Å². The van der Waals surface area contributed by atoms with Gasteiger partial charge in [0.2, 0.25) is 5.95 Å². The molecule has 3 N–H and O–H groups in total. The number of anilines is 2. The number of hydrogen-bond donors (Lipinski definition) is 2. The van der Waals surface area contributed by atoms with Gasteiger partial charge in [0.05, 0.1) is 30.4 Å². The van der Waals surface area contributed by atoms with Crippen molar-refractivity contribution < 1.29 is 19.4 Å². The van der Waals surface area contributed by atoms with E-state index in [4.69, 9.17) is 15.2 Å². The lowest BCUT2D eigenvalue weighted by atomic mass is 10.1. The molecule has 0 bridgehead atoms. The Morgan fingerprint density at radius 2 is 2.07 bits per heavy atom. The van der Waals surface area contributed by atoms with Gasteiger partial charge in [-0.1, -0.05) is 0 Å². The predicted molar refractivity (Wildman–Crippen MR) is 111 cm³/mol. The van der Waals surface area contributed by atoms with Crippen LogP contribution >= 0.6 is 0 Å². The van der Waals surface area contributed by atoms with Crippen molar-refractivity contribution in [2.24, 2.45) is 0 Å². The van der Waals surface area contributed by atoms with Gasteiger partial charge in [-0.15, -0.1) is 0 Å². The average molecular weight is 407 g/mol. The third-order valence-corrected chi connectivity index (χ3v) is 5.64. The largest absolute Gasteiger partial charge is 0.496 e. The van der Waals surface area contributed by atoms with Gasteiger partial charge in [-0.05, 0) is 43.2 Å². The lowest BCUT2D eigenvalue weighted by Gasteiger charge is -2.33. The molecule has 0 unspecified atom stereocenters. The van der Waals surface area contributed by atoms with Gasteiger partial charge in [0, 0.05) is 18.7 Å². The molecule has 1 saturated carbocycles. The third kappa shape index (κ3) is 3.17. The molecule has 0 radical (unpaired) electrons. The molecule has 9 heteroatoms. The highest BCUT2D eigenvalue weighted by Crippen LogP contribution is 2.42. The highest BCUT2D eigenvalue weighted by molar-refractivity contribution is 5.93. The number of morpholine rings is 1. The molecule has 2 aromatic heterocycles. The Hall–Kier alpha value is -3.46. The van der Waals surface area contributed by atoms with Gasteiger partial charge >= 0.3 is 5.97 Å². The summed E-state index contributed by atoms with van der Waals surface area (Å²) in [5, 5.41) is 10.1. The molecule has 0 atom stereocenters. The van der Waals surface area contributed by atoms with Crippen LogP contribution in [0.1, 0.15) is 23.2 Å². The fraction of sp³-hybridized carbons (Fsp3) is 0.333. The van der Waals surface area contributed by atoms with Gasteiger partial charge < -0.3 is 25.2 Å². The summed E-state index contributed by atoms with van der Waals surface area (Å²) in [4.78, 5) is 27.4. The van der Waals surface area contributed by atoms with Crippen LogP contribution < -0.4 is 15.4 Å². The fourth-order valence-electron chi connectivity index (χ4n) is 3.82. The van der Waals surface area contributed by atoms with E-state index in [0.717, 1.165) is 19.4 Å². The second-order valence-corrected chi connectivity index (χ2v) is 7.65. The van der Waals surface area contributed by atoms with Crippen LogP contribution in [0, 0.1) is 0 Å². The van der Waals surface area contributed by atoms with Crippen LogP contribution in [0.25, 0.3) is 22.3 Å². The highest BCUT2D eigenvalue weighted by atomic mass is 16.5. The van der Waals surface area contributed by atoms with E-state index in [9.17, 15) is 9.90 Å². The smallest absolute Gasteiger partial charge is 0.339 e. The molecular formula is C21H21N5O4. The van der Waals surface area contributed by atoms with Crippen LogP contribution in [0.3, 0.4) is 0 Å². The van der Waals surface area contributed by atoms with Crippen LogP contribution in [0.4, 0.5) is 11.8 Å². The van der Waals surface area contributed by atoms with Gasteiger partial charge in [-0.3, -0.25) is 0 Å². The number of carboxylic acids is 1. The van der Waals surface area contributed by atoms with Gasteiger partial charge in [0.15, 0.2) is 5.65 Å². The number of carbonyl (C=O) groups is 1. The first-order valence-electron chi connectivity index (χ1n) is 9.73. The number of carboxylic acid groups (broad SMARTS) is 1. The van der Waals surface area contributed by atoms with E-state index in [0.29, 0.717) is 53.0 Å². The first kappa shape index (κ1) is 18.6. The minimum Gasteiger partial charge on any atom is -0.496 e. The summed E-state index contributed by atoms with van der Waals surface area (Å²) in [7, 11) is 1.44. The van der Waals surface area contributed by atoms with E-state index in [1.807, 2.05) is 6.07 Å². The summed E-state index contributed by atoms with van der Waals surface area (Å²) in [5.41, 5.74) is 7.92. The number of methoxy groups -OCH3 is 1. The average Bonchev–Trinajstić information content (AvgIpc) is 3.50. The molecule has 5 rings (SSSR count). The van der Waals surface area contributed by atoms with Crippen molar-refractivity contribution in [2.75, 3.05) is 37.4 Å². The van der Waals surface area contributed by atoms with Gasteiger partial charge in [0.25, 0.3) is 0 Å². The minimum absolute atomic E-state index is 0.0586. The molecule has 9 nitrogen and oxygen atoms in total. The molecule has 3 aromatic rings. The quantitative estimate of drug-likeness (QED) is 0.670. The molecule has 3 heterocycles. The zero-order chi connectivity index (χ0) is 20.9. The second-order valence-electron chi connectivity index (χ2n) is 7.65. The van der Waals surface area contributed by atoms with Crippen molar-refractivity contribution in [3.8, 4) is 17.0 Å². The third-order valence-electron chi connectivity index (χ3n) is 5.64. The monoisotopic (exact) mass is 407 g/mol. The van der Waals surface area contributed by atoms with Crippen molar-refractivity contribution in [3.63, 3.8) is 0 Å². The van der Waals surface area contributed by atoms with Crippen LogP contribution in [-0.2, 0) is 4.74 Å². The number of aromatic carboxylic acids is 1. The van der Waals surface area contributed by atoms with Crippen molar-refractivity contribution in [3.05, 3.63) is 35.9 Å². The molecule has 2 aliphatic rings. The van der Waals surface area contributed by atoms with E-state index in [-0.39, 0.29) is 11.2 Å². The number of nitrogens with two attached hydrogens (primary N) is 1. The Kier molecular flexibility index (Phi) is 4.21. The summed E-state index contributed by atoms with van der Waals surface area (Å²) in [5.74, 6) is 0.137. The maximum atomic E-state index is 11.5. The van der Waals surface area contributed by atoms with Gasteiger partial charge in [-0.25, -0.2) is 9.78 Å². The number of nitrogens with zero attached hydrogens (tertiary/aromatic N) is 4. The van der Waals surface area contributed by atoms with Gasteiger partial charge in [0.1, 0.15) is 17.1 Å². The normalized spacial score (nSPS) is 17.3. The highest BCUT2D eigenvalue weighted by Gasteiger charge is 2.48. The second kappa shape index (κ2) is 6.81. The summed E-state index contributed by atoms with van der Waals surface area (Å²) in [6.45, 7) is 2.09. The molecule has 1 spiro atoms. The maximum Gasteiger partial charge on any atom is 0.339 e. The molecule has 154 valence electrons. The SMILES string of the molecule is COc1ccc(-c2ccc3c(N)nc(N4CCOC5(CC5)C4)nc3n2)cc1C(=O)O. The lowest BCUT2D eigenvalue weighted by Crippen LogP contribution is -2.44. The number of pyridine rings is 1. The number of rotatable bonds is 4. The number of fused-ring (bicyclic) bond motifs is 1. The topological polar surface area (TPSA) is 124 Å². The molecule has 30 heavy (non-hydrogen) atoms. The zero-order valence-electron chi connectivity index (χ0n) is 16.5. The Morgan fingerprint density at radius 1 is 1.23 bits per heavy atom. The van der Waals surface area contributed by atoms with Crippen molar-refractivity contribution >= 4 is 28.8 Å². The van der Waals surface area contributed by atoms with Crippen molar-refractivity contribution in [1.82, 2.24) is 15.0 Å². The molecule has 2 fully saturated rings. The Morgan fingerprint density at radius 3 is 2.80 bits per heavy atom. The molecule has 1 aromatic carbocycles.